The van der Waals surface area contributed by atoms with Crippen LogP contribution < -0.4 is 0 Å². The SMILES string of the molecule is Fc1ccc(-c2[nH]ncc2C2OCCO2)cc1. The van der Waals surface area contributed by atoms with E-state index >= 15 is 0 Å². The van der Waals surface area contributed by atoms with Gasteiger partial charge in [-0.1, -0.05) is 0 Å². The van der Waals surface area contributed by atoms with Crippen LogP contribution in [0.25, 0.3) is 11.3 Å². The van der Waals surface area contributed by atoms with Crippen molar-refractivity contribution in [3.8, 4) is 11.3 Å². The van der Waals surface area contributed by atoms with Crippen LogP contribution in [-0.4, -0.2) is 23.4 Å². The molecule has 4 nitrogen and oxygen atoms in total. The molecule has 5 heteroatoms. The van der Waals surface area contributed by atoms with Crippen molar-refractivity contribution in [3.63, 3.8) is 0 Å². The molecule has 0 atom stereocenters. The Bertz CT molecular complexity index is 503. The van der Waals surface area contributed by atoms with E-state index in [0.29, 0.717) is 13.2 Å². The average Bonchev–Trinajstić information content (AvgIpc) is 3.00. The highest BCUT2D eigenvalue weighted by atomic mass is 19.1. The van der Waals surface area contributed by atoms with Crippen molar-refractivity contribution >= 4 is 0 Å². The van der Waals surface area contributed by atoms with Gasteiger partial charge in [-0.3, -0.25) is 5.10 Å². The van der Waals surface area contributed by atoms with E-state index in [1.54, 1.807) is 18.3 Å². The first-order chi connectivity index (χ1) is 8.34. The minimum absolute atomic E-state index is 0.261. The van der Waals surface area contributed by atoms with Crippen molar-refractivity contribution in [3.05, 3.63) is 41.8 Å². The van der Waals surface area contributed by atoms with E-state index in [-0.39, 0.29) is 12.1 Å². The number of H-pyrrole nitrogens is 1. The van der Waals surface area contributed by atoms with E-state index in [1.165, 1.54) is 12.1 Å². The van der Waals surface area contributed by atoms with E-state index < -0.39 is 0 Å². The van der Waals surface area contributed by atoms with Crippen molar-refractivity contribution in [2.24, 2.45) is 0 Å². The lowest BCUT2D eigenvalue weighted by Gasteiger charge is -2.09. The van der Waals surface area contributed by atoms with Gasteiger partial charge < -0.3 is 9.47 Å². The molecule has 0 unspecified atom stereocenters. The van der Waals surface area contributed by atoms with Crippen LogP contribution in [0.1, 0.15) is 11.9 Å². The Kier molecular flexibility index (Phi) is 2.62. The van der Waals surface area contributed by atoms with Crippen LogP contribution in [0, 0.1) is 5.82 Å². The maximum Gasteiger partial charge on any atom is 0.187 e. The lowest BCUT2D eigenvalue weighted by atomic mass is 10.1. The van der Waals surface area contributed by atoms with Gasteiger partial charge >= 0.3 is 0 Å². The third-order valence-corrected chi connectivity index (χ3v) is 2.68. The molecule has 88 valence electrons. The van der Waals surface area contributed by atoms with Gasteiger partial charge in [0.2, 0.25) is 0 Å². The Labute approximate surface area is 97.4 Å². The van der Waals surface area contributed by atoms with Gasteiger partial charge in [0.15, 0.2) is 6.29 Å². The summed E-state index contributed by atoms with van der Waals surface area (Å²) >= 11 is 0. The summed E-state index contributed by atoms with van der Waals surface area (Å²) < 4.78 is 23.7. The van der Waals surface area contributed by atoms with Gasteiger partial charge in [-0.2, -0.15) is 5.10 Å². The monoisotopic (exact) mass is 234 g/mol. The number of aromatic amines is 1. The molecule has 17 heavy (non-hydrogen) atoms. The summed E-state index contributed by atoms with van der Waals surface area (Å²) in [6, 6.07) is 6.22. The summed E-state index contributed by atoms with van der Waals surface area (Å²) in [5, 5.41) is 6.87. The molecular weight excluding hydrogens is 223 g/mol. The van der Waals surface area contributed by atoms with Gasteiger partial charge in [0.1, 0.15) is 5.82 Å². The molecule has 0 saturated carbocycles. The molecule has 1 aromatic carbocycles. The summed E-state index contributed by atoms with van der Waals surface area (Å²) in [6.07, 6.45) is 1.29. The maximum absolute atomic E-state index is 12.9. The van der Waals surface area contributed by atoms with E-state index in [0.717, 1.165) is 16.8 Å². The minimum atomic E-state index is -0.381. The van der Waals surface area contributed by atoms with Crippen molar-refractivity contribution in [1.82, 2.24) is 10.2 Å². The van der Waals surface area contributed by atoms with Crippen LogP contribution in [0.3, 0.4) is 0 Å². The molecule has 0 amide bonds. The van der Waals surface area contributed by atoms with Gasteiger partial charge in [-0.05, 0) is 24.3 Å². The zero-order chi connectivity index (χ0) is 11.7. The fourth-order valence-electron chi connectivity index (χ4n) is 1.86. The van der Waals surface area contributed by atoms with Crippen LogP contribution in [0.5, 0.6) is 0 Å². The number of aromatic nitrogens is 2. The molecule has 3 rings (SSSR count). The zero-order valence-electron chi connectivity index (χ0n) is 9.02. The smallest absolute Gasteiger partial charge is 0.187 e. The first-order valence-electron chi connectivity index (χ1n) is 5.37. The summed E-state index contributed by atoms with van der Waals surface area (Å²) in [5.74, 6) is -0.261. The van der Waals surface area contributed by atoms with E-state index in [2.05, 4.69) is 10.2 Å². The first kappa shape index (κ1) is 10.4. The molecule has 1 fully saturated rings. The molecule has 0 radical (unpaired) electrons. The number of nitrogens with zero attached hydrogens (tertiary/aromatic N) is 1. The Morgan fingerprint density at radius 1 is 1.18 bits per heavy atom. The topological polar surface area (TPSA) is 47.1 Å². The molecule has 2 heterocycles. The third-order valence-electron chi connectivity index (χ3n) is 2.68. The Morgan fingerprint density at radius 3 is 2.59 bits per heavy atom. The highest BCUT2D eigenvalue weighted by Gasteiger charge is 2.23. The first-order valence-corrected chi connectivity index (χ1v) is 5.37. The molecule has 1 aliphatic rings. The molecule has 0 bridgehead atoms. The standard InChI is InChI=1S/C12H11FN2O2/c13-9-3-1-8(2-4-9)11-10(7-14-15-11)12-16-5-6-17-12/h1-4,7,12H,5-6H2,(H,14,15). The highest BCUT2D eigenvalue weighted by molar-refractivity contribution is 5.62. The van der Waals surface area contributed by atoms with Gasteiger partial charge in [0.25, 0.3) is 0 Å². The second-order valence-electron chi connectivity index (χ2n) is 3.78. The van der Waals surface area contributed by atoms with Gasteiger partial charge in [0.05, 0.1) is 30.7 Å². The summed E-state index contributed by atoms with van der Waals surface area (Å²) in [5.41, 5.74) is 2.50. The maximum atomic E-state index is 12.9. The van der Waals surface area contributed by atoms with Gasteiger partial charge in [-0.15, -0.1) is 0 Å². The van der Waals surface area contributed by atoms with Crippen LogP contribution in [0.2, 0.25) is 0 Å². The number of benzene rings is 1. The largest absolute Gasteiger partial charge is 0.346 e. The molecule has 0 aliphatic carbocycles. The number of rotatable bonds is 2. The number of hydrogen-bond acceptors (Lipinski definition) is 3. The van der Waals surface area contributed by atoms with Crippen LogP contribution in [0.4, 0.5) is 4.39 Å². The van der Waals surface area contributed by atoms with Crippen molar-refractivity contribution in [2.75, 3.05) is 13.2 Å². The molecule has 1 saturated heterocycles. The van der Waals surface area contributed by atoms with Crippen molar-refractivity contribution in [2.45, 2.75) is 6.29 Å². The number of halogens is 1. The number of ether oxygens (including phenoxy) is 2. The summed E-state index contributed by atoms with van der Waals surface area (Å²) in [4.78, 5) is 0. The zero-order valence-corrected chi connectivity index (χ0v) is 9.02. The normalized spacial score (nSPS) is 16.5. The summed E-state index contributed by atoms with van der Waals surface area (Å²) in [7, 11) is 0. The third kappa shape index (κ3) is 1.94. The fraction of sp³-hybridized carbons (Fsp3) is 0.250. The lowest BCUT2D eigenvalue weighted by Crippen LogP contribution is -1.98. The van der Waals surface area contributed by atoms with E-state index in [4.69, 9.17) is 9.47 Å². The molecule has 2 aromatic rings. The molecule has 0 spiro atoms. The lowest BCUT2D eigenvalue weighted by molar-refractivity contribution is -0.0436. The minimum Gasteiger partial charge on any atom is -0.346 e. The van der Waals surface area contributed by atoms with E-state index in [9.17, 15) is 4.39 Å². The second-order valence-corrected chi connectivity index (χ2v) is 3.78. The molecule has 1 aromatic heterocycles. The number of hydrogen-bond donors (Lipinski definition) is 1. The van der Waals surface area contributed by atoms with Crippen molar-refractivity contribution < 1.29 is 13.9 Å². The Hall–Kier alpha value is -1.72. The molecular formula is C12H11FN2O2. The van der Waals surface area contributed by atoms with Crippen LogP contribution in [0.15, 0.2) is 30.5 Å². The fourth-order valence-corrected chi connectivity index (χ4v) is 1.86. The summed E-state index contributed by atoms with van der Waals surface area (Å²) in [6.45, 7) is 1.16. The Morgan fingerprint density at radius 2 is 1.88 bits per heavy atom. The van der Waals surface area contributed by atoms with E-state index in [1.807, 2.05) is 0 Å². The molecule has 1 N–H and O–H groups in total. The quantitative estimate of drug-likeness (QED) is 0.867. The predicted octanol–water partition coefficient (Wildman–Crippen LogP) is 2.26. The second kappa shape index (κ2) is 4.27. The Balaban J connectivity index is 1.97. The highest BCUT2D eigenvalue weighted by Crippen LogP contribution is 2.31. The van der Waals surface area contributed by atoms with Crippen LogP contribution in [-0.2, 0) is 9.47 Å². The van der Waals surface area contributed by atoms with Crippen LogP contribution >= 0.6 is 0 Å². The van der Waals surface area contributed by atoms with Gasteiger partial charge in [-0.25, -0.2) is 4.39 Å². The van der Waals surface area contributed by atoms with Gasteiger partial charge in [0, 0.05) is 5.56 Å². The van der Waals surface area contributed by atoms with Crippen molar-refractivity contribution in [1.29, 1.82) is 0 Å². The average molecular weight is 234 g/mol. The molecule has 1 aliphatic heterocycles. The predicted molar refractivity (Wildman–Crippen MR) is 58.6 cm³/mol. The number of nitrogens with one attached hydrogen (secondary N) is 1.